The number of piperidine rings is 1. The molecule has 6 heterocycles. The zero-order chi connectivity index (χ0) is 47.4. The summed E-state index contributed by atoms with van der Waals surface area (Å²) in [7, 11) is 5.96. The van der Waals surface area contributed by atoms with Gasteiger partial charge in [-0.15, -0.1) is 0 Å². The van der Waals surface area contributed by atoms with E-state index < -0.39 is 63.7 Å². The fourth-order valence-corrected chi connectivity index (χ4v) is 14.2. The third-order valence-corrected chi connectivity index (χ3v) is 16.7. The molecule has 5 aliphatic heterocycles. The minimum atomic E-state index is -2.96. The SMILES string of the molecule is CC[C@@]12C=CCN3CCC4(c5cc([C@@]6(C(=O)OC)CC7CC(C(C)(F)F)CN(CCc8c6[nH]c6ccc(Nc9ccccc9)cc86)C7)c(OC)cc5N(C)C4[C@](O)(C(=O)OC)[C@H]1OC(C)=O)C32. The Morgan fingerprint density at radius 1 is 0.955 bits per heavy atom. The second kappa shape index (κ2) is 16.1. The summed E-state index contributed by atoms with van der Waals surface area (Å²) in [4.78, 5) is 53.3. The maximum atomic E-state index is 15.6. The third kappa shape index (κ3) is 6.42. The van der Waals surface area contributed by atoms with Gasteiger partial charge in [0.2, 0.25) is 11.5 Å². The lowest BCUT2D eigenvalue weighted by Gasteiger charge is -2.63. The number of H-pyrrole nitrogens is 1. The molecule has 3 aromatic carbocycles. The lowest BCUT2D eigenvalue weighted by atomic mass is 9.47. The maximum Gasteiger partial charge on any atom is 0.344 e. The number of esters is 3. The van der Waals surface area contributed by atoms with Crippen LogP contribution in [0.1, 0.15) is 68.8 Å². The summed E-state index contributed by atoms with van der Waals surface area (Å²) < 4.78 is 55.1. The van der Waals surface area contributed by atoms with Crippen molar-refractivity contribution >= 4 is 45.9 Å². The average molecular weight is 922 g/mol. The predicted molar refractivity (Wildman–Crippen MR) is 249 cm³/mol. The van der Waals surface area contributed by atoms with Crippen LogP contribution >= 0.6 is 0 Å². The van der Waals surface area contributed by atoms with E-state index in [2.05, 4.69) is 26.2 Å². The van der Waals surface area contributed by atoms with Gasteiger partial charge in [0.1, 0.15) is 11.2 Å². The van der Waals surface area contributed by atoms with Crippen molar-refractivity contribution < 1.29 is 47.2 Å². The first kappa shape index (κ1) is 45.3. The van der Waals surface area contributed by atoms with E-state index in [0.717, 1.165) is 40.3 Å². The summed E-state index contributed by atoms with van der Waals surface area (Å²) in [6.45, 7) is 6.68. The van der Waals surface area contributed by atoms with Gasteiger partial charge < -0.3 is 44.2 Å². The summed E-state index contributed by atoms with van der Waals surface area (Å²) in [5.74, 6) is -6.05. The number of benzene rings is 3. The zero-order valence-electron chi connectivity index (χ0n) is 39.3. The number of halogens is 2. The standard InChI is InChI=1S/C52H61F2N5O8/c1-8-49-18-12-20-59-22-19-50(43(49)59)37-25-38(41(64-5)26-40(37)57(4)44(50)52(63,47(62)66-7)45(49)67-30(2)60)51(46(61)65-6)27-31-23-32(48(3,53)54)29-58(28-31)21-17-35-36-24-34(15-16-39(36)56-42(35)51)55-33-13-10-9-11-14-33/h9-16,18,24-26,31-32,43-45,55-56,63H,8,17,19-23,27-29H2,1-7H3/t31?,32?,43?,44?,45-,49-,50?,51-,52+/m0/s1. The van der Waals surface area contributed by atoms with E-state index in [1.54, 1.807) is 7.11 Å². The Kier molecular flexibility index (Phi) is 10.8. The molecule has 3 fully saturated rings. The summed E-state index contributed by atoms with van der Waals surface area (Å²) >= 11 is 0. The summed E-state index contributed by atoms with van der Waals surface area (Å²) in [5, 5.41) is 17.8. The van der Waals surface area contributed by atoms with Gasteiger partial charge in [0.25, 0.3) is 0 Å². The Hall–Kier alpha value is -5.51. The molecule has 13 nitrogen and oxygen atoms in total. The van der Waals surface area contributed by atoms with Gasteiger partial charge in [-0.1, -0.05) is 37.3 Å². The highest BCUT2D eigenvalue weighted by atomic mass is 19.3. The van der Waals surface area contributed by atoms with Crippen LogP contribution in [0.4, 0.5) is 25.8 Å². The first-order valence-electron chi connectivity index (χ1n) is 23.5. The van der Waals surface area contributed by atoms with E-state index in [1.165, 1.54) is 21.1 Å². The lowest BCUT2D eigenvalue weighted by molar-refractivity contribution is -0.228. The molecule has 67 heavy (non-hydrogen) atoms. The number of aromatic amines is 1. The molecule has 15 heteroatoms. The molecule has 6 unspecified atom stereocenters. The van der Waals surface area contributed by atoms with Crippen LogP contribution in [-0.4, -0.2) is 129 Å². The number of rotatable bonds is 9. The second-order valence-electron chi connectivity index (χ2n) is 20.0. The van der Waals surface area contributed by atoms with Crippen LogP contribution < -0.4 is 15.0 Å². The Balaban J connectivity index is 1.26. The van der Waals surface area contributed by atoms with Crippen molar-refractivity contribution in [2.75, 3.05) is 71.3 Å². The Bertz CT molecular complexity index is 2670. The van der Waals surface area contributed by atoms with Crippen molar-refractivity contribution in [2.45, 2.75) is 93.4 Å². The number of likely N-dealkylation sites (N-methyl/N-ethyl adjacent to an activating group) is 1. The molecule has 10 rings (SSSR count). The summed E-state index contributed by atoms with van der Waals surface area (Å²) in [5.41, 5.74) is -0.0681. The number of nitrogens with zero attached hydrogens (tertiary/aromatic N) is 3. The van der Waals surface area contributed by atoms with Crippen molar-refractivity contribution in [3.05, 3.63) is 95.2 Å². The summed E-state index contributed by atoms with van der Waals surface area (Å²) in [6, 6.07) is 18.4. The highest BCUT2D eigenvalue weighted by Crippen LogP contribution is 2.68. The van der Waals surface area contributed by atoms with Crippen LogP contribution in [0, 0.1) is 17.3 Å². The van der Waals surface area contributed by atoms with Gasteiger partial charge in [0.05, 0.1) is 27.4 Å². The number of hydrogen-bond acceptors (Lipinski definition) is 12. The molecular formula is C52H61F2N5O8. The molecule has 6 aliphatic rings. The van der Waals surface area contributed by atoms with Gasteiger partial charge in [0, 0.05) is 108 Å². The summed E-state index contributed by atoms with van der Waals surface area (Å²) in [6.07, 6.45) is 4.39. The molecule has 1 saturated carbocycles. The molecule has 0 radical (unpaired) electrons. The lowest BCUT2D eigenvalue weighted by Crippen LogP contribution is -2.81. The Morgan fingerprint density at radius 2 is 1.72 bits per heavy atom. The molecular weight excluding hydrogens is 861 g/mol. The molecule has 2 saturated heterocycles. The average Bonchev–Trinajstić information content (AvgIpc) is 3.97. The van der Waals surface area contributed by atoms with E-state index in [-0.39, 0.29) is 31.3 Å². The molecule has 0 amide bonds. The van der Waals surface area contributed by atoms with E-state index in [1.807, 2.05) is 85.6 Å². The zero-order valence-corrected chi connectivity index (χ0v) is 39.3. The number of para-hydroxylation sites is 1. The molecule has 2 bridgehead atoms. The quantitative estimate of drug-likeness (QED) is 0.0916. The molecule has 1 aliphatic carbocycles. The topological polar surface area (TPSA) is 146 Å². The van der Waals surface area contributed by atoms with Crippen molar-refractivity contribution in [1.82, 2.24) is 14.8 Å². The normalized spacial score (nSPS) is 33.0. The van der Waals surface area contributed by atoms with E-state index in [9.17, 15) is 14.7 Å². The van der Waals surface area contributed by atoms with Crippen LogP contribution in [0.3, 0.4) is 0 Å². The van der Waals surface area contributed by atoms with Gasteiger partial charge in [-0.05, 0) is 99.0 Å². The van der Waals surface area contributed by atoms with E-state index in [4.69, 9.17) is 18.9 Å². The highest BCUT2D eigenvalue weighted by Gasteiger charge is 2.80. The van der Waals surface area contributed by atoms with Gasteiger partial charge in [-0.3, -0.25) is 14.5 Å². The number of carbonyl (C=O) groups excluding carboxylic acids is 3. The molecule has 3 N–H and O–H groups in total. The Labute approximate surface area is 389 Å². The Morgan fingerprint density at radius 3 is 2.40 bits per heavy atom. The maximum absolute atomic E-state index is 15.6. The first-order valence-corrected chi connectivity index (χ1v) is 23.5. The number of ether oxygens (including phenoxy) is 4. The van der Waals surface area contributed by atoms with Crippen LogP contribution in [0.15, 0.2) is 72.8 Å². The van der Waals surface area contributed by atoms with Crippen LogP contribution in [0.5, 0.6) is 5.75 Å². The van der Waals surface area contributed by atoms with Gasteiger partial charge in [-0.25, -0.2) is 13.6 Å². The highest BCUT2D eigenvalue weighted by molar-refractivity contribution is 5.96. The van der Waals surface area contributed by atoms with Crippen LogP contribution in [0.25, 0.3) is 10.9 Å². The number of fused-ring (bicyclic) bond motifs is 6. The largest absolute Gasteiger partial charge is 0.496 e. The molecule has 1 aromatic heterocycles. The minimum absolute atomic E-state index is 0.122. The van der Waals surface area contributed by atoms with Gasteiger partial charge >= 0.3 is 17.9 Å². The number of alkyl halides is 2. The van der Waals surface area contributed by atoms with Crippen LogP contribution in [0.2, 0.25) is 0 Å². The smallest absolute Gasteiger partial charge is 0.344 e. The van der Waals surface area contributed by atoms with Crippen molar-refractivity contribution in [1.29, 1.82) is 0 Å². The van der Waals surface area contributed by atoms with E-state index >= 15 is 13.6 Å². The van der Waals surface area contributed by atoms with E-state index in [0.29, 0.717) is 68.1 Å². The van der Waals surface area contributed by atoms with Gasteiger partial charge in [-0.2, -0.15) is 0 Å². The minimum Gasteiger partial charge on any atom is -0.496 e. The van der Waals surface area contributed by atoms with Crippen molar-refractivity contribution in [3.8, 4) is 5.75 Å². The molecule has 356 valence electrons. The number of anilines is 3. The van der Waals surface area contributed by atoms with Crippen molar-refractivity contribution in [3.63, 3.8) is 0 Å². The number of hydrogen-bond donors (Lipinski definition) is 3. The fourth-order valence-electron chi connectivity index (χ4n) is 14.2. The monoisotopic (exact) mass is 921 g/mol. The van der Waals surface area contributed by atoms with Gasteiger partial charge in [0.15, 0.2) is 6.10 Å². The molecule has 1 spiro atoms. The molecule has 10 atom stereocenters. The number of nitrogens with one attached hydrogen (secondary N) is 2. The predicted octanol–water partition coefficient (Wildman–Crippen LogP) is 6.86. The first-order chi connectivity index (χ1) is 32.0. The van der Waals surface area contributed by atoms with Crippen molar-refractivity contribution in [2.24, 2.45) is 17.3 Å². The number of methoxy groups -OCH3 is 3. The number of aliphatic hydroxyl groups is 1. The fraction of sp³-hybridized carbons (Fsp3) is 0.519. The number of aromatic nitrogens is 1. The molecule has 4 aromatic rings. The third-order valence-electron chi connectivity index (χ3n) is 16.7. The number of carbonyl (C=O) groups is 3. The van der Waals surface area contributed by atoms with Crippen LogP contribution in [-0.2, 0) is 45.8 Å². The second-order valence-corrected chi connectivity index (χ2v) is 20.0.